The van der Waals surface area contributed by atoms with Gasteiger partial charge in [-0.1, -0.05) is 0 Å². The lowest BCUT2D eigenvalue weighted by Gasteiger charge is -2.36. The molecule has 0 saturated heterocycles. The Hall–Kier alpha value is -3.29. The summed E-state index contributed by atoms with van der Waals surface area (Å²) < 4.78 is 3.67. The standard InChI is InChI=1S/C20H19N7O/c28-20-26(14-4-5-14)18-19(23-9-8-22-18)27(20)15-10-13(11-15)24-16-6-3-12-2-1-7-21-17(12)25-16/h1-3,6-9,13-15H,4-5,10-11H2,(H,21,24,25)/t13-,15-. The van der Waals surface area contributed by atoms with E-state index in [4.69, 9.17) is 0 Å². The predicted molar refractivity (Wildman–Crippen MR) is 105 cm³/mol. The predicted octanol–water partition coefficient (Wildman–Crippen LogP) is 2.69. The third-order valence-electron chi connectivity index (χ3n) is 5.74. The number of hydrogen-bond acceptors (Lipinski definition) is 6. The second-order valence-corrected chi connectivity index (χ2v) is 7.67. The van der Waals surface area contributed by atoms with E-state index in [2.05, 4.69) is 25.3 Å². The van der Waals surface area contributed by atoms with Gasteiger partial charge in [0, 0.05) is 42.1 Å². The van der Waals surface area contributed by atoms with Crippen LogP contribution in [0.25, 0.3) is 22.3 Å². The van der Waals surface area contributed by atoms with Crippen molar-refractivity contribution in [3.05, 3.63) is 53.3 Å². The van der Waals surface area contributed by atoms with Crippen molar-refractivity contribution in [2.24, 2.45) is 0 Å². The van der Waals surface area contributed by atoms with Crippen molar-refractivity contribution >= 4 is 28.1 Å². The first-order valence-corrected chi connectivity index (χ1v) is 9.70. The van der Waals surface area contributed by atoms with Crippen molar-refractivity contribution in [1.29, 1.82) is 0 Å². The van der Waals surface area contributed by atoms with Crippen LogP contribution in [0.2, 0.25) is 0 Å². The summed E-state index contributed by atoms with van der Waals surface area (Å²) in [6, 6.07) is 8.62. The third kappa shape index (κ3) is 2.41. The molecule has 0 unspecified atom stereocenters. The highest BCUT2D eigenvalue weighted by Gasteiger charge is 2.37. The highest BCUT2D eigenvalue weighted by atomic mass is 16.2. The van der Waals surface area contributed by atoms with Crippen LogP contribution in [-0.2, 0) is 0 Å². The minimum atomic E-state index is 0.0279. The molecule has 2 saturated carbocycles. The lowest BCUT2D eigenvalue weighted by molar-refractivity contribution is 0.279. The van der Waals surface area contributed by atoms with Gasteiger partial charge in [0.1, 0.15) is 5.82 Å². The van der Waals surface area contributed by atoms with Crippen molar-refractivity contribution in [3.8, 4) is 0 Å². The second-order valence-electron chi connectivity index (χ2n) is 7.67. The van der Waals surface area contributed by atoms with E-state index in [1.807, 2.05) is 33.4 Å². The molecular weight excluding hydrogens is 354 g/mol. The molecule has 6 rings (SSSR count). The zero-order valence-corrected chi connectivity index (χ0v) is 15.2. The number of nitrogens with zero attached hydrogens (tertiary/aromatic N) is 6. The van der Waals surface area contributed by atoms with E-state index >= 15 is 0 Å². The molecule has 8 nitrogen and oxygen atoms in total. The number of rotatable bonds is 4. The van der Waals surface area contributed by atoms with Crippen LogP contribution >= 0.6 is 0 Å². The number of pyridine rings is 2. The molecule has 2 fully saturated rings. The number of fused-ring (bicyclic) bond motifs is 2. The highest BCUT2D eigenvalue weighted by molar-refractivity contribution is 5.76. The van der Waals surface area contributed by atoms with Gasteiger partial charge < -0.3 is 5.32 Å². The van der Waals surface area contributed by atoms with Gasteiger partial charge >= 0.3 is 5.69 Å². The number of nitrogens with one attached hydrogen (secondary N) is 1. The van der Waals surface area contributed by atoms with Gasteiger partial charge in [-0.05, 0) is 49.9 Å². The zero-order chi connectivity index (χ0) is 18.7. The molecule has 0 amide bonds. The molecule has 4 aromatic heterocycles. The second kappa shape index (κ2) is 5.85. The number of aromatic nitrogens is 6. The van der Waals surface area contributed by atoms with Gasteiger partial charge in [-0.3, -0.25) is 9.13 Å². The molecule has 2 aliphatic carbocycles. The maximum atomic E-state index is 13.0. The van der Waals surface area contributed by atoms with E-state index in [0.717, 1.165) is 42.5 Å². The van der Waals surface area contributed by atoms with Crippen LogP contribution in [0.15, 0.2) is 47.7 Å². The fraction of sp³-hybridized carbons (Fsp3) is 0.350. The Morgan fingerprint density at radius 1 is 0.893 bits per heavy atom. The first kappa shape index (κ1) is 15.7. The summed E-state index contributed by atoms with van der Waals surface area (Å²) in [7, 11) is 0. The molecule has 4 heterocycles. The quantitative estimate of drug-likeness (QED) is 0.591. The Morgan fingerprint density at radius 3 is 2.39 bits per heavy atom. The summed E-state index contributed by atoms with van der Waals surface area (Å²) in [5.74, 6) is 0.821. The van der Waals surface area contributed by atoms with E-state index in [9.17, 15) is 4.79 Å². The largest absolute Gasteiger partial charge is 0.367 e. The Kier molecular flexibility index (Phi) is 3.29. The van der Waals surface area contributed by atoms with Gasteiger partial charge in [0.25, 0.3) is 0 Å². The van der Waals surface area contributed by atoms with E-state index in [1.54, 1.807) is 18.6 Å². The highest BCUT2D eigenvalue weighted by Crippen LogP contribution is 2.38. The topological polar surface area (TPSA) is 90.5 Å². The molecule has 8 heteroatoms. The van der Waals surface area contributed by atoms with Gasteiger partial charge in [-0.2, -0.15) is 0 Å². The number of imidazole rings is 1. The molecule has 1 N–H and O–H groups in total. The molecule has 140 valence electrons. The summed E-state index contributed by atoms with van der Waals surface area (Å²) in [5, 5.41) is 4.50. The Labute approximate surface area is 160 Å². The van der Waals surface area contributed by atoms with Crippen molar-refractivity contribution in [3.63, 3.8) is 0 Å². The molecule has 28 heavy (non-hydrogen) atoms. The smallest absolute Gasteiger partial charge is 0.332 e. The van der Waals surface area contributed by atoms with Crippen LogP contribution in [0.1, 0.15) is 37.8 Å². The maximum absolute atomic E-state index is 13.0. The fourth-order valence-electron chi connectivity index (χ4n) is 4.11. The van der Waals surface area contributed by atoms with Gasteiger partial charge in [-0.25, -0.2) is 24.7 Å². The average Bonchev–Trinajstić information content (AvgIpc) is 3.48. The monoisotopic (exact) mass is 373 g/mol. The molecule has 0 spiro atoms. The van der Waals surface area contributed by atoms with Crippen molar-refractivity contribution in [2.45, 2.75) is 43.8 Å². The first-order chi connectivity index (χ1) is 13.8. The first-order valence-electron chi connectivity index (χ1n) is 9.70. The normalized spacial score (nSPS) is 21.7. The summed E-state index contributed by atoms with van der Waals surface area (Å²) in [5.41, 5.74) is 2.19. The zero-order valence-electron chi connectivity index (χ0n) is 15.2. The average molecular weight is 373 g/mol. The van der Waals surface area contributed by atoms with Crippen LogP contribution < -0.4 is 11.0 Å². The van der Waals surface area contributed by atoms with Crippen LogP contribution in [0, 0.1) is 0 Å². The summed E-state index contributed by atoms with van der Waals surface area (Å²) in [4.78, 5) is 30.8. The molecule has 0 radical (unpaired) electrons. The van der Waals surface area contributed by atoms with Crippen LogP contribution in [0.4, 0.5) is 5.82 Å². The SMILES string of the molecule is O=c1n(C2CC2)c2nccnc2n1[C@H]1C[C@H](Nc2ccc3cccnc3n2)C1. The van der Waals surface area contributed by atoms with Crippen molar-refractivity contribution in [1.82, 2.24) is 29.1 Å². The summed E-state index contributed by atoms with van der Waals surface area (Å²) in [6.45, 7) is 0. The van der Waals surface area contributed by atoms with Gasteiger partial charge in [0.05, 0.1) is 0 Å². The van der Waals surface area contributed by atoms with Gasteiger partial charge in [-0.15, -0.1) is 0 Å². The molecular formula is C20H19N7O. The number of anilines is 1. The van der Waals surface area contributed by atoms with Gasteiger partial charge in [0.2, 0.25) is 0 Å². The van der Waals surface area contributed by atoms with Gasteiger partial charge in [0.15, 0.2) is 16.9 Å². The maximum Gasteiger partial charge on any atom is 0.332 e. The molecule has 2 aliphatic rings. The van der Waals surface area contributed by atoms with Crippen molar-refractivity contribution < 1.29 is 0 Å². The Balaban J connectivity index is 1.25. The van der Waals surface area contributed by atoms with Crippen LogP contribution in [-0.4, -0.2) is 35.1 Å². The van der Waals surface area contributed by atoms with E-state index in [1.165, 1.54) is 0 Å². The Morgan fingerprint density at radius 2 is 1.64 bits per heavy atom. The number of hydrogen-bond donors (Lipinski definition) is 1. The van der Waals surface area contributed by atoms with E-state index in [-0.39, 0.29) is 23.8 Å². The van der Waals surface area contributed by atoms with Crippen molar-refractivity contribution in [2.75, 3.05) is 5.32 Å². The minimum Gasteiger partial charge on any atom is -0.367 e. The summed E-state index contributed by atoms with van der Waals surface area (Å²) in [6.07, 6.45) is 8.90. The minimum absolute atomic E-state index is 0.0279. The fourth-order valence-corrected chi connectivity index (χ4v) is 4.11. The Bertz CT molecular complexity index is 1250. The van der Waals surface area contributed by atoms with E-state index in [0.29, 0.717) is 11.3 Å². The molecule has 0 aliphatic heterocycles. The molecule has 0 bridgehead atoms. The summed E-state index contributed by atoms with van der Waals surface area (Å²) >= 11 is 0. The lowest BCUT2D eigenvalue weighted by Crippen LogP contribution is -2.41. The third-order valence-corrected chi connectivity index (χ3v) is 5.74. The molecule has 4 aromatic rings. The molecule has 0 aromatic carbocycles. The van der Waals surface area contributed by atoms with Crippen LogP contribution in [0.5, 0.6) is 0 Å². The molecule has 0 atom stereocenters. The lowest BCUT2D eigenvalue weighted by atomic mass is 9.86. The van der Waals surface area contributed by atoms with E-state index < -0.39 is 0 Å². The van der Waals surface area contributed by atoms with Crippen LogP contribution in [0.3, 0.4) is 0 Å².